The van der Waals surface area contributed by atoms with Gasteiger partial charge in [-0.25, -0.2) is 0 Å². The Labute approximate surface area is 371 Å². The lowest BCUT2D eigenvalue weighted by molar-refractivity contribution is -0.123. The molecule has 60 heavy (non-hydrogen) atoms. The van der Waals surface area contributed by atoms with E-state index in [1.54, 1.807) is 6.08 Å². The summed E-state index contributed by atoms with van der Waals surface area (Å²) >= 11 is 0. The number of amides is 1. The van der Waals surface area contributed by atoms with Crippen molar-refractivity contribution in [1.29, 1.82) is 0 Å². The van der Waals surface area contributed by atoms with Crippen LogP contribution < -0.4 is 5.32 Å². The maximum Gasteiger partial charge on any atom is 0.220 e. The molecule has 340 valence electrons. The monoisotopic (exact) mass is 828 g/mol. The van der Waals surface area contributed by atoms with Crippen LogP contribution in [0.25, 0.3) is 0 Å². The Morgan fingerprint density at radius 3 is 1.17 bits per heavy atom. The quantitative estimate of drug-likeness (QED) is 0.0424. The van der Waals surface area contributed by atoms with Gasteiger partial charge in [0.2, 0.25) is 5.91 Å². The van der Waals surface area contributed by atoms with E-state index >= 15 is 0 Å². The Bertz CT molecular complexity index is 1210. The average molecular weight is 828 g/mol. The summed E-state index contributed by atoms with van der Waals surface area (Å²) in [4.78, 5) is 12.4. The molecule has 0 rings (SSSR count). The van der Waals surface area contributed by atoms with Gasteiger partial charge < -0.3 is 15.5 Å². The van der Waals surface area contributed by atoms with Gasteiger partial charge >= 0.3 is 0 Å². The molecule has 0 aromatic heterocycles. The number of nitrogens with one attached hydrogen (secondary N) is 1. The summed E-state index contributed by atoms with van der Waals surface area (Å²) in [6.45, 7) is 4.14. The first-order valence-corrected chi connectivity index (χ1v) is 24.7. The minimum atomic E-state index is -0.868. The highest BCUT2D eigenvalue weighted by Gasteiger charge is 2.17. The van der Waals surface area contributed by atoms with E-state index in [9.17, 15) is 15.0 Å². The molecule has 0 radical (unpaired) electrons. The minimum Gasteiger partial charge on any atom is -0.394 e. The van der Waals surface area contributed by atoms with Crippen molar-refractivity contribution < 1.29 is 15.0 Å². The smallest absolute Gasteiger partial charge is 0.220 e. The maximum absolute atomic E-state index is 12.4. The Balaban J connectivity index is 3.59. The van der Waals surface area contributed by atoms with E-state index in [0.29, 0.717) is 6.42 Å². The molecule has 0 bridgehead atoms. The van der Waals surface area contributed by atoms with Gasteiger partial charge in [-0.05, 0) is 96.3 Å². The fourth-order valence-corrected chi connectivity index (χ4v) is 6.68. The molecule has 0 spiro atoms. The summed E-state index contributed by atoms with van der Waals surface area (Å²) in [7, 11) is 0. The molecular weight excluding hydrogens is 735 g/mol. The lowest BCUT2D eigenvalue weighted by atomic mass is 10.0. The predicted octanol–water partition coefficient (Wildman–Crippen LogP) is 16.1. The van der Waals surface area contributed by atoms with Crippen molar-refractivity contribution in [3.05, 3.63) is 122 Å². The molecule has 1 amide bonds. The number of aliphatic hydroxyl groups is 2. The van der Waals surface area contributed by atoms with Gasteiger partial charge in [0, 0.05) is 6.42 Å². The zero-order valence-corrected chi connectivity index (χ0v) is 38.9. The van der Waals surface area contributed by atoms with Crippen molar-refractivity contribution in [2.24, 2.45) is 0 Å². The van der Waals surface area contributed by atoms with Crippen molar-refractivity contribution in [1.82, 2.24) is 5.32 Å². The first-order valence-electron chi connectivity index (χ1n) is 24.7. The van der Waals surface area contributed by atoms with Gasteiger partial charge in [0.15, 0.2) is 0 Å². The topological polar surface area (TPSA) is 69.6 Å². The molecular formula is C56H93NO3. The van der Waals surface area contributed by atoms with E-state index in [-0.39, 0.29) is 12.5 Å². The predicted molar refractivity (Wildman–Crippen MR) is 266 cm³/mol. The summed E-state index contributed by atoms with van der Waals surface area (Å²) < 4.78 is 0. The number of carbonyl (C=O) groups excluding carboxylic acids is 1. The molecule has 4 nitrogen and oxygen atoms in total. The number of aliphatic hydroxyl groups excluding tert-OH is 2. The van der Waals surface area contributed by atoms with Crippen LogP contribution in [0.5, 0.6) is 0 Å². The normalized spacial score (nSPS) is 14.0. The van der Waals surface area contributed by atoms with Crippen molar-refractivity contribution in [3.8, 4) is 0 Å². The standard InChI is InChI=1S/C56H93NO3/c1-3-5-7-9-11-13-15-16-17-18-19-20-21-22-23-24-25-26-27-28-29-30-31-32-33-34-35-36-37-38-39-40-42-44-46-48-50-52-56(60)57-54(53-58)55(59)51-49-47-45-43-41-14-12-10-8-6-4-2/h5,7,11,13,16-17,19-20,22-23,25-26,28-29,31-32,41,43,49,51,54-55,58-59H,3-4,6,8-10,12,14-15,18,21,24,27,30,33-40,42,44-48,50,52-53H2,1-2H3,(H,57,60)/b7-5-,13-11-,17-16-,20-19-,23-22-,26-25-,29-28-,32-31-,43-41+,51-49+. The summed E-state index contributed by atoms with van der Waals surface area (Å²) in [5, 5.41) is 22.9. The molecule has 0 saturated carbocycles. The van der Waals surface area contributed by atoms with Gasteiger partial charge in [-0.15, -0.1) is 0 Å². The third-order valence-corrected chi connectivity index (χ3v) is 10.4. The van der Waals surface area contributed by atoms with E-state index < -0.39 is 12.1 Å². The third kappa shape index (κ3) is 45.9. The highest BCUT2D eigenvalue weighted by atomic mass is 16.3. The maximum atomic E-state index is 12.4. The Hall–Kier alpha value is -3.21. The number of allylic oxidation sites excluding steroid dienone is 19. The second kappa shape index (κ2) is 50.1. The van der Waals surface area contributed by atoms with Gasteiger partial charge in [-0.1, -0.05) is 225 Å². The van der Waals surface area contributed by atoms with E-state index in [1.807, 2.05) is 6.08 Å². The van der Waals surface area contributed by atoms with Crippen molar-refractivity contribution >= 4 is 5.91 Å². The highest BCUT2D eigenvalue weighted by Crippen LogP contribution is 2.14. The molecule has 4 heteroatoms. The molecule has 0 aromatic carbocycles. The van der Waals surface area contributed by atoms with E-state index in [0.717, 1.165) is 83.5 Å². The number of hydrogen-bond donors (Lipinski definition) is 3. The van der Waals surface area contributed by atoms with E-state index in [1.165, 1.54) is 103 Å². The lowest BCUT2D eigenvalue weighted by Crippen LogP contribution is -2.45. The van der Waals surface area contributed by atoms with E-state index in [2.05, 4.69) is 129 Å². The first kappa shape index (κ1) is 56.8. The molecule has 3 N–H and O–H groups in total. The Kier molecular flexibility index (Phi) is 47.5. The average Bonchev–Trinajstić information content (AvgIpc) is 3.25. The molecule has 2 atom stereocenters. The van der Waals surface area contributed by atoms with Crippen LogP contribution in [0, 0.1) is 0 Å². The molecule has 0 saturated heterocycles. The van der Waals surface area contributed by atoms with Crippen LogP contribution in [0.2, 0.25) is 0 Å². The van der Waals surface area contributed by atoms with Crippen molar-refractivity contribution in [3.63, 3.8) is 0 Å². The number of carbonyl (C=O) groups is 1. The van der Waals surface area contributed by atoms with E-state index in [4.69, 9.17) is 0 Å². The molecule has 0 aromatic rings. The molecule has 2 unspecified atom stereocenters. The number of unbranched alkanes of at least 4 members (excludes halogenated alkanes) is 18. The molecule has 0 aliphatic rings. The van der Waals surface area contributed by atoms with Crippen molar-refractivity contribution in [2.75, 3.05) is 6.61 Å². The van der Waals surface area contributed by atoms with Gasteiger partial charge in [0.25, 0.3) is 0 Å². The van der Waals surface area contributed by atoms with Gasteiger partial charge in [-0.2, -0.15) is 0 Å². The third-order valence-electron chi connectivity index (χ3n) is 10.4. The number of rotatable bonds is 43. The zero-order chi connectivity index (χ0) is 43.5. The van der Waals surface area contributed by atoms with Crippen LogP contribution in [-0.4, -0.2) is 34.9 Å². The molecule has 0 aliphatic heterocycles. The fourth-order valence-electron chi connectivity index (χ4n) is 6.68. The summed E-state index contributed by atoms with van der Waals surface area (Å²) in [6, 6.07) is -0.645. The second-order valence-corrected chi connectivity index (χ2v) is 16.1. The molecule has 0 aliphatic carbocycles. The second-order valence-electron chi connectivity index (χ2n) is 16.1. The molecule has 0 heterocycles. The largest absolute Gasteiger partial charge is 0.394 e. The fraction of sp³-hybridized carbons (Fsp3) is 0.625. The van der Waals surface area contributed by atoms with Gasteiger partial charge in [-0.3, -0.25) is 4.79 Å². The van der Waals surface area contributed by atoms with Crippen molar-refractivity contribution in [2.45, 2.75) is 219 Å². The van der Waals surface area contributed by atoms with Crippen LogP contribution in [-0.2, 0) is 4.79 Å². The summed E-state index contributed by atoms with van der Waals surface area (Å²) in [5.41, 5.74) is 0. The summed E-state index contributed by atoms with van der Waals surface area (Å²) in [5.74, 6) is -0.0834. The first-order chi connectivity index (χ1) is 29.7. The highest BCUT2D eigenvalue weighted by molar-refractivity contribution is 5.76. The van der Waals surface area contributed by atoms with Crippen LogP contribution in [0.4, 0.5) is 0 Å². The van der Waals surface area contributed by atoms with Crippen LogP contribution in [0.1, 0.15) is 206 Å². The summed E-state index contributed by atoms with van der Waals surface area (Å²) in [6.07, 6.45) is 77.6. The minimum absolute atomic E-state index is 0.0834. The van der Waals surface area contributed by atoms with Gasteiger partial charge in [0.1, 0.15) is 0 Å². The molecule has 0 fully saturated rings. The van der Waals surface area contributed by atoms with Crippen LogP contribution in [0.3, 0.4) is 0 Å². The zero-order valence-electron chi connectivity index (χ0n) is 38.9. The Morgan fingerprint density at radius 2 is 0.750 bits per heavy atom. The Morgan fingerprint density at radius 1 is 0.417 bits per heavy atom. The van der Waals surface area contributed by atoms with Gasteiger partial charge in [0.05, 0.1) is 18.8 Å². The van der Waals surface area contributed by atoms with Crippen LogP contribution in [0.15, 0.2) is 122 Å². The van der Waals surface area contributed by atoms with Crippen LogP contribution >= 0.6 is 0 Å². The SMILES string of the molecule is CC/C=C\C/C=C\C/C=C\C/C=C\C/C=C\C/C=C\C/C=C\C/C=C\CCCCCCCCCCCCCCC(=O)NC(CO)C(O)/C=C/CC/C=C/CCCCCCC. The number of hydrogen-bond acceptors (Lipinski definition) is 3. The lowest BCUT2D eigenvalue weighted by Gasteiger charge is -2.19.